The van der Waals surface area contributed by atoms with Crippen molar-refractivity contribution in [2.24, 2.45) is 0 Å². The lowest BCUT2D eigenvalue weighted by Crippen LogP contribution is -2.30. The molecule has 1 aliphatic heterocycles. The van der Waals surface area contributed by atoms with E-state index in [2.05, 4.69) is 8.37 Å². The SMILES string of the molecule is O=S1(=O)CC(O)C(OS(=O)(=O)OCc2ccccc2)C1. The summed E-state index contributed by atoms with van der Waals surface area (Å²) >= 11 is 0. The van der Waals surface area contributed by atoms with Gasteiger partial charge in [0.15, 0.2) is 9.84 Å². The third-order valence-corrected chi connectivity index (χ3v) is 5.30. The maximum Gasteiger partial charge on any atom is 0.400 e. The van der Waals surface area contributed by atoms with Crippen LogP contribution in [0.1, 0.15) is 5.56 Å². The van der Waals surface area contributed by atoms with E-state index in [-0.39, 0.29) is 6.61 Å². The van der Waals surface area contributed by atoms with E-state index in [0.29, 0.717) is 5.56 Å². The van der Waals surface area contributed by atoms with Gasteiger partial charge in [-0.1, -0.05) is 30.3 Å². The minimum atomic E-state index is -4.37. The zero-order valence-corrected chi connectivity index (χ0v) is 12.0. The molecule has 0 spiro atoms. The number of benzene rings is 1. The molecule has 1 N–H and O–H groups in total. The van der Waals surface area contributed by atoms with Crippen LogP contribution in [-0.2, 0) is 35.2 Å². The van der Waals surface area contributed by atoms with Crippen LogP contribution in [0.3, 0.4) is 0 Å². The van der Waals surface area contributed by atoms with Crippen LogP contribution in [0.25, 0.3) is 0 Å². The molecular formula is C11H14O7S2. The number of sulfone groups is 1. The van der Waals surface area contributed by atoms with Gasteiger partial charge in [-0.15, -0.1) is 0 Å². The van der Waals surface area contributed by atoms with Gasteiger partial charge in [0.2, 0.25) is 0 Å². The fourth-order valence-electron chi connectivity index (χ4n) is 1.78. The van der Waals surface area contributed by atoms with Gasteiger partial charge in [-0.25, -0.2) is 16.8 Å². The van der Waals surface area contributed by atoms with Gasteiger partial charge in [0, 0.05) is 0 Å². The van der Waals surface area contributed by atoms with E-state index in [1.165, 1.54) is 0 Å². The highest BCUT2D eigenvalue weighted by molar-refractivity contribution is 7.91. The molecule has 0 aromatic heterocycles. The van der Waals surface area contributed by atoms with E-state index < -0.39 is 43.9 Å². The second kappa shape index (κ2) is 5.78. The van der Waals surface area contributed by atoms with E-state index in [0.717, 1.165) is 0 Å². The molecule has 1 fully saturated rings. The topological polar surface area (TPSA) is 107 Å². The maximum atomic E-state index is 11.6. The average molecular weight is 322 g/mol. The van der Waals surface area contributed by atoms with Gasteiger partial charge < -0.3 is 5.11 Å². The normalized spacial score (nSPS) is 25.6. The van der Waals surface area contributed by atoms with Crippen molar-refractivity contribution in [1.29, 1.82) is 0 Å². The van der Waals surface area contributed by atoms with Gasteiger partial charge in [0.1, 0.15) is 6.10 Å². The van der Waals surface area contributed by atoms with Crippen molar-refractivity contribution < 1.29 is 30.3 Å². The third kappa shape index (κ3) is 4.25. The summed E-state index contributed by atoms with van der Waals surface area (Å²) in [5, 5.41) is 9.45. The summed E-state index contributed by atoms with van der Waals surface area (Å²) in [6.07, 6.45) is -2.68. The Morgan fingerprint density at radius 3 is 2.40 bits per heavy atom. The Hall–Kier alpha value is -1.00. The van der Waals surface area contributed by atoms with Gasteiger partial charge in [-0.2, -0.15) is 8.42 Å². The molecule has 2 unspecified atom stereocenters. The predicted octanol–water partition coefficient (Wildman–Crippen LogP) is -0.378. The van der Waals surface area contributed by atoms with E-state index in [1.807, 2.05) is 0 Å². The molecule has 2 rings (SSSR count). The molecule has 7 nitrogen and oxygen atoms in total. The van der Waals surface area contributed by atoms with Crippen LogP contribution >= 0.6 is 0 Å². The second-order valence-electron chi connectivity index (χ2n) is 4.43. The van der Waals surface area contributed by atoms with Crippen molar-refractivity contribution in [1.82, 2.24) is 0 Å². The van der Waals surface area contributed by atoms with Crippen LogP contribution in [0.2, 0.25) is 0 Å². The van der Waals surface area contributed by atoms with Gasteiger partial charge >= 0.3 is 10.4 Å². The monoisotopic (exact) mass is 322 g/mol. The first-order valence-electron chi connectivity index (χ1n) is 5.77. The molecule has 1 heterocycles. The highest BCUT2D eigenvalue weighted by Gasteiger charge is 2.40. The van der Waals surface area contributed by atoms with Crippen molar-refractivity contribution in [3.05, 3.63) is 35.9 Å². The molecule has 0 aliphatic carbocycles. The van der Waals surface area contributed by atoms with Gasteiger partial charge in [0.25, 0.3) is 0 Å². The summed E-state index contributed by atoms with van der Waals surface area (Å²) in [6, 6.07) is 8.56. The lowest BCUT2D eigenvalue weighted by molar-refractivity contribution is 0.0620. The number of hydrogen-bond donors (Lipinski definition) is 1. The molecule has 112 valence electrons. The van der Waals surface area contributed by atoms with E-state index in [9.17, 15) is 21.9 Å². The van der Waals surface area contributed by atoms with Gasteiger partial charge in [-0.05, 0) is 5.56 Å². The number of aliphatic hydroxyl groups is 1. The zero-order chi connectivity index (χ0) is 14.8. The first-order chi connectivity index (χ1) is 9.27. The van der Waals surface area contributed by atoms with Crippen molar-refractivity contribution in [2.75, 3.05) is 11.5 Å². The molecule has 0 radical (unpaired) electrons. The van der Waals surface area contributed by atoms with E-state index >= 15 is 0 Å². The fourth-order valence-corrected chi connectivity index (χ4v) is 4.37. The highest BCUT2D eigenvalue weighted by atomic mass is 32.3. The van der Waals surface area contributed by atoms with E-state index in [4.69, 9.17) is 0 Å². The highest BCUT2D eigenvalue weighted by Crippen LogP contribution is 2.19. The Morgan fingerprint density at radius 2 is 1.85 bits per heavy atom. The van der Waals surface area contributed by atoms with Gasteiger partial charge in [-0.3, -0.25) is 0 Å². The van der Waals surface area contributed by atoms with Crippen LogP contribution < -0.4 is 0 Å². The molecule has 0 saturated carbocycles. The molecule has 1 saturated heterocycles. The van der Waals surface area contributed by atoms with Gasteiger partial charge in [0.05, 0.1) is 24.2 Å². The molecule has 1 aromatic carbocycles. The molecule has 0 amide bonds. The molecule has 20 heavy (non-hydrogen) atoms. The quantitative estimate of drug-likeness (QED) is 0.787. The van der Waals surface area contributed by atoms with Crippen LogP contribution in [0.5, 0.6) is 0 Å². The molecular weight excluding hydrogens is 308 g/mol. The Balaban J connectivity index is 1.95. The van der Waals surface area contributed by atoms with Crippen LogP contribution in [0, 0.1) is 0 Å². The maximum absolute atomic E-state index is 11.6. The first-order valence-corrected chi connectivity index (χ1v) is 8.93. The third-order valence-electron chi connectivity index (χ3n) is 2.73. The van der Waals surface area contributed by atoms with Crippen molar-refractivity contribution in [3.63, 3.8) is 0 Å². The summed E-state index contributed by atoms with van der Waals surface area (Å²) in [5.74, 6) is -1.05. The van der Waals surface area contributed by atoms with Crippen molar-refractivity contribution >= 4 is 20.2 Å². The average Bonchev–Trinajstić information content (AvgIpc) is 2.60. The largest absolute Gasteiger partial charge is 0.400 e. The first kappa shape index (κ1) is 15.4. The smallest absolute Gasteiger partial charge is 0.389 e. The Bertz CT molecular complexity index is 651. The molecule has 2 atom stereocenters. The molecule has 1 aliphatic rings. The Kier molecular flexibility index (Phi) is 4.45. The number of rotatable bonds is 5. The standard InChI is InChI=1S/C11H14O7S2/c12-10-7-19(13,14)8-11(10)18-20(15,16)17-6-9-4-2-1-3-5-9/h1-5,10-12H,6-8H2. The Labute approximate surface area is 117 Å². The molecule has 1 aromatic rings. The second-order valence-corrected chi connectivity index (χ2v) is 7.83. The fraction of sp³-hybridized carbons (Fsp3) is 0.455. The molecule has 0 bridgehead atoms. The lowest BCUT2D eigenvalue weighted by atomic mass is 10.2. The minimum Gasteiger partial charge on any atom is -0.389 e. The summed E-state index contributed by atoms with van der Waals surface area (Å²) in [5.41, 5.74) is 0.624. The predicted molar refractivity (Wildman–Crippen MR) is 69.7 cm³/mol. The van der Waals surface area contributed by atoms with Crippen molar-refractivity contribution in [3.8, 4) is 0 Å². The number of aliphatic hydroxyl groups excluding tert-OH is 1. The summed E-state index contributed by atoms with van der Waals surface area (Å²) in [4.78, 5) is 0. The minimum absolute atomic E-state index is 0.223. The van der Waals surface area contributed by atoms with Crippen molar-refractivity contribution in [2.45, 2.75) is 18.8 Å². The lowest BCUT2D eigenvalue weighted by Gasteiger charge is -2.13. The van der Waals surface area contributed by atoms with E-state index in [1.54, 1.807) is 30.3 Å². The Morgan fingerprint density at radius 1 is 1.20 bits per heavy atom. The van der Waals surface area contributed by atoms with Crippen LogP contribution in [0.4, 0.5) is 0 Å². The summed E-state index contributed by atoms with van der Waals surface area (Å²) in [6.45, 7) is -0.223. The molecule has 9 heteroatoms. The van der Waals surface area contributed by atoms with Crippen LogP contribution in [0.15, 0.2) is 30.3 Å². The zero-order valence-electron chi connectivity index (χ0n) is 10.4. The summed E-state index contributed by atoms with van der Waals surface area (Å²) < 4.78 is 54.8. The van der Waals surface area contributed by atoms with Crippen LogP contribution in [-0.4, -0.2) is 45.7 Å². The summed E-state index contributed by atoms with van der Waals surface area (Å²) in [7, 11) is -7.85. The number of hydrogen-bond acceptors (Lipinski definition) is 7.